The van der Waals surface area contributed by atoms with E-state index >= 15 is 0 Å². The minimum absolute atomic E-state index is 0.0827. The van der Waals surface area contributed by atoms with E-state index in [1.807, 2.05) is 6.08 Å². The number of hydrogen-bond donors (Lipinski definition) is 3. The normalized spacial score (nSPS) is 13.5. The fourth-order valence-corrected chi connectivity index (χ4v) is 6.22. The van der Waals surface area contributed by atoms with Crippen LogP contribution in [-0.4, -0.2) is 34.9 Å². The molecule has 0 saturated heterocycles. The summed E-state index contributed by atoms with van der Waals surface area (Å²) < 4.78 is 0. The molecule has 1 amide bonds. The highest BCUT2D eigenvalue weighted by molar-refractivity contribution is 5.76. The minimum atomic E-state index is -0.865. The Labute approximate surface area is 305 Å². The summed E-state index contributed by atoms with van der Waals surface area (Å²) in [6.45, 7) is 4.28. The van der Waals surface area contributed by atoms with Crippen molar-refractivity contribution in [3.63, 3.8) is 0 Å². The maximum atomic E-state index is 12.4. The maximum absolute atomic E-state index is 12.4. The van der Waals surface area contributed by atoms with E-state index in [0.717, 1.165) is 44.9 Å². The molecule has 2 atom stereocenters. The molecule has 0 radical (unpaired) electrons. The zero-order valence-corrected chi connectivity index (χ0v) is 32.7. The van der Waals surface area contributed by atoms with E-state index in [4.69, 9.17) is 0 Å². The lowest BCUT2D eigenvalue weighted by Gasteiger charge is -2.19. The quantitative estimate of drug-likeness (QED) is 0.0447. The van der Waals surface area contributed by atoms with Crippen molar-refractivity contribution in [2.24, 2.45) is 0 Å². The summed E-state index contributed by atoms with van der Waals surface area (Å²) in [5.74, 6) is -0.0827. The molecular weight excluding hydrogens is 602 g/mol. The Morgan fingerprint density at radius 2 is 0.857 bits per heavy atom. The van der Waals surface area contributed by atoms with E-state index in [2.05, 4.69) is 55.6 Å². The third-order valence-corrected chi connectivity index (χ3v) is 9.53. The Hall–Kier alpha value is -1.65. The van der Waals surface area contributed by atoms with Crippen molar-refractivity contribution in [2.45, 2.75) is 225 Å². The zero-order valence-electron chi connectivity index (χ0n) is 32.7. The van der Waals surface area contributed by atoms with Crippen LogP contribution in [0, 0.1) is 0 Å². The highest BCUT2D eigenvalue weighted by atomic mass is 16.3. The molecule has 0 aliphatic rings. The number of amides is 1. The van der Waals surface area contributed by atoms with Gasteiger partial charge in [0, 0.05) is 6.42 Å². The van der Waals surface area contributed by atoms with Gasteiger partial charge in [-0.05, 0) is 64.2 Å². The summed E-state index contributed by atoms with van der Waals surface area (Å²) >= 11 is 0. The van der Waals surface area contributed by atoms with Gasteiger partial charge in [0.1, 0.15) is 0 Å². The Bertz CT molecular complexity index is 786. The van der Waals surface area contributed by atoms with Crippen LogP contribution in [0.4, 0.5) is 0 Å². The third-order valence-electron chi connectivity index (χ3n) is 9.53. The first-order valence-corrected chi connectivity index (χ1v) is 21.4. The summed E-state index contributed by atoms with van der Waals surface area (Å²) in [5.41, 5.74) is 0. The van der Waals surface area contributed by atoms with Gasteiger partial charge in [0.2, 0.25) is 5.91 Å². The SMILES string of the molecule is CCCCCC/C=C\C/C=C\CCCCCCCCCC(=O)NC(CO)C(O)/C=C/CC/C=C/CCCCCCCCCCCCCCC. The molecule has 0 aliphatic heterocycles. The van der Waals surface area contributed by atoms with E-state index in [1.54, 1.807) is 6.08 Å². The molecule has 3 N–H and O–H groups in total. The summed E-state index contributed by atoms with van der Waals surface area (Å²) in [6.07, 6.45) is 55.0. The largest absolute Gasteiger partial charge is 0.394 e. The van der Waals surface area contributed by atoms with Crippen molar-refractivity contribution in [2.75, 3.05) is 6.61 Å². The molecule has 0 saturated carbocycles. The average molecular weight is 686 g/mol. The van der Waals surface area contributed by atoms with Crippen molar-refractivity contribution in [1.82, 2.24) is 5.32 Å². The minimum Gasteiger partial charge on any atom is -0.394 e. The number of aliphatic hydroxyl groups excluding tert-OH is 2. The van der Waals surface area contributed by atoms with Gasteiger partial charge < -0.3 is 15.5 Å². The number of rotatable bonds is 38. The molecule has 4 nitrogen and oxygen atoms in total. The lowest BCUT2D eigenvalue weighted by atomic mass is 10.0. The zero-order chi connectivity index (χ0) is 35.7. The van der Waals surface area contributed by atoms with Crippen LogP contribution in [0.1, 0.15) is 213 Å². The molecule has 0 aliphatic carbocycles. The molecule has 0 spiro atoms. The standard InChI is InChI=1S/C45H83NO3/c1-3-5-7-9-11-13-15-17-19-21-23-24-26-28-30-32-34-36-38-40-44(48)43(42-47)46-45(49)41-39-37-35-33-31-29-27-25-22-20-18-16-14-12-10-8-6-4-2/h14,16,20,22,30,32,38,40,43-44,47-48H,3-13,15,17-19,21,23-29,31,33-37,39,41-42H2,1-2H3,(H,46,49)/b16-14-,22-20-,32-30+,40-38+. The second-order valence-electron chi connectivity index (χ2n) is 14.4. The lowest BCUT2D eigenvalue weighted by Crippen LogP contribution is -2.45. The van der Waals surface area contributed by atoms with Crippen molar-refractivity contribution < 1.29 is 15.0 Å². The van der Waals surface area contributed by atoms with Gasteiger partial charge in [-0.2, -0.15) is 0 Å². The van der Waals surface area contributed by atoms with Crippen LogP contribution in [0.3, 0.4) is 0 Å². The van der Waals surface area contributed by atoms with E-state index < -0.39 is 12.1 Å². The Kier molecular flexibility index (Phi) is 39.4. The highest BCUT2D eigenvalue weighted by Crippen LogP contribution is 2.14. The first kappa shape index (κ1) is 47.4. The van der Waals surface area contributed by atoms with Gasteiger partial charge in [-0.25, -0.2) is 0 Å². The lowest BCUT2D eigenvalue weighted by molar-refractivity contribution is -0.123. The molecule has 286 valence electrons. The number of hydrogen-bond acceptors (Lipinski definition) is 3. The summed E-state index contributed by atoms with van der Waals surface area (Å²) in [7, 11) is 0. The number of carbonyl (C=O) groups excluding carboxylic acids is 1. The fourth-order valence-electron chi connectivity index (χ4n) is 6.22. The number of allylic oxidation sites excluding steroid dienone is 7. The first-order chi connectivity index (χ1) is 24.2. The van der Waals surface area contributed by atoms with E-state index in [9.17, 15) is 15.0 Å². The smallest absolute Gasteiger partial charge is 0.220 e. The van der Waals surface area contributed by atoms with Gasteiger partial charge in [0.25, 0.3) is 0 Å². The molecule has 4 heteroatoms. The predicted molar refractivity (Wildman–Crippen MR) is 216 cm³/mol. The molecule has 0 rings (SSSR count). The maximum Gasteiger partial charge on any atom is 0.220 e. The fraction of sp³-hybridized carbons (Fsp3) is 0.800. The van der Waals surface area contributed by atoms with Gasteiger partial charge in [-0.15, -0.1) is 0 Å². The average Bonchev–Trinajstić information content (AvgIpc) is 3.10. The first-order valence-electron chi connectivity index (χ1n) is 21.4. The monoisotopic (exact) mass is 686 g/mol. The Morgan fingerprint density at radius 1 is 0.490 bits per heavy atom. The highest BCUT2D eigenvalue weighted by Gasteiger charge is 2.17. The molecule has 0 aromatic rings. The van der Waals surface area contributed by atoms with Crippen LogP contribution in [0.5, 0.6) is 0 Å². The number of nitrogens with one attached hydrogen (secondary N) is 1. The van der Waals surface area contributed by atoms with Crippen molar-refractivity contribution in [3.8, 4) is 0 Å². The van der Waals surface area contributed by atoms with Crippen molar-refractivity contribution in [1.29, 1.82) is 0 Å². The van der Waals surface area contributed by atoms with Gasteiger partial charge in [-0.3, -0.25) is 4.79 Å². The van der Waals surface area contributed by atoms with Crippen molar-refractivity contribution >= 4 is 5.91 Å². The van der Waals surface area contributed by atoms with E-state index in [1.165, 1.54) is 148 Å². The van der Waals surface area contributed by atoms with E-state index in [0.29, 0.717) is 6.42 Å². The molecule has 49 heavy (non-hydrogen) atoms. The molecule has 0 aromatic carbocycles. The van der Waals surface area contributed by atoms with Gasteiger partial charge in [0.15, 0.2) is 0 Å². The van der Waals surface area contributed by atoms with Crippen LogP contribution in [0.2, 0.25) is 0 Å². The second kappa shape index (κ2) is 40.8. The van der Waals surface area contributed by atoms with Crippen LogP contribution in [0.25, 0.3) is 0 Å². The molecule has 0 bridgehead atoms. The Morgan fingerprint density at radius 3 is 1.33 bits per heavy atom. The summed E-state index contributed by atoms with van der Waals surface area (Å²) in [4.78, 5) is 12.4. The molecular formula is C45H83NO3. The van der Waals surface area contributed by atoms with Crippen LogP contribution >= 0.6 is 0 Å². The van der Waals surface area contributed by atoms with E-state index in [-0.39, 0.29) is 12.5 Å². The van der Waals surface area contributed by atoms with Crippen molar-refractivity contribution in [3.05, 3.63) is 48.6 Å². The van der Waals surface area contributed by atoms with Gasteiger partial charge in [0.05, 0.1) is 18.8 Å². The summed E-state index contributed by atoms with van der Waals surface area (Å²) in [5, 5.41) is 23.0. The van der Waals surface area contributed by atoms with Crippen LogP contribution in [0.15, 0.2) is 48.6 Å². The van der Waals surface area contributed by atoms with Crippen LogP contribution < -0.4 is 5.32 Å². The third kappa shape index (κ3) is 37.4. The number of unbranched alkanes of at least 4 members (excludes halogenated alkanes) is 25. The molecule has 2 unspecified atom stereocenters. The Balaban J connectivity index is 3.65. The topological polar surface area (TPSA) is 69.6 Å². The molecule has 0 fully saturated rings. The molecule has 0 heterocycles. The van der Waals surface area contributed by atoms with Gasteiger partial charge >= 0.3 is 0 Å². The predicted octanol–water partition coefficient (Wildman–Crippen LogP) is 13.2. The van der Waals surface area contributed by atoms with Crippen LogP contribution in [-0.2, 0) is 4.79 Å². The van der Waals surface area contributed by atoms with Gasteiger partial charge in [-0.1, -0.05) is 191 Å². The number of carbonyl (C=O) groups is 1. The second-order valence-corrected chi connectivity index (χ2v) is 14.4. The number of aliphatic hydroxyl groups is 2. The summed E-state index contributed by atoms with van der Waals surface area (Å²) in [6, 6.07) is -0.643. The molecule has 0 aromatic heterocycles.